The topological polar surface area (TPSA) is 97.2 Å². The normalized spacial score (nSPS) is 10.6. The Hall–Kier alpha value is -3.84. The number of hydrogen-bond acceptors (Lipinski definition) is 6. The number of carbonyl (C=O) groups is 2. The van der Waals surface area contributed by atoms with E-state index in [9.17, 15) is 14.7 Å². The SMILES string of the molecule is CCOc1cc(/C=N\NC(=O)c2ccccc2O)ccc1OC(=O)c1ccccc1Cl. The molecule has 3 rings (SSSR count). The number of ether oxygens (including phenoxy) is 2. The number of benzene rings is 3. The Morgan fingerprint density at radius 3 is 2.45 bits per heavy atom. The fourth-order valence-corrected chi connectivity index (χ4v) is 2.84. The molecule has 0 heterocycles. The van der Waals surface area contributed by atoms with Gasteiger partial charge in [-0.05, 0) is 55.0 Å². The van der Waals surface area contributed by atoms with Crippen LogP contribution in [-0.2, 0) is 0 Å². The number of aromatic hydroxyl groups is 1. The van der Waals surface area contributed by atoms with E-state index in [0.29, 0.717) is 17.9 Å². The molecular formula is C23H19ClN2O5. The number of amides is 1. The molecule has 0 aliphatic carbocycles. The van der Waals surface area contributed by atoms with Gasteiger partial charge in [-0.25, -0.2) is 10.2 Å². The van der Waals surface area contributed by atoms with Crippen LogP contribution in [0.2, 0.25) is 5.02 Å². The van der Waals surface area contributed by atoms with Gasteiger partial charge in [-0.2, -0.15) is 5.10 Å². The van der Waals surface area contributed by atoms with Crippen LogP contribution in [0, 0.1) is 0 Å². The molecule has 0 aliphatic heterocycles. The third kappa shape index (κ3) is 5.61. The molecule has 7 nitrogen and oxygen atoms in total. The number of nitrogens with zero attached hydrogens (tertiary/aromatic N) is 1. The molecule has 0 saturated carbocycles. The monoisotopic (exact) mass is 438 g/mol. The van der Waals surface area contributed by atoms with E-state index in [1.165, 1.54) is 18.3 Å². The smallest absolute Gasteiger partial charge is 0.345 e. The number of halogens is 1. The van der Waals surface area contributed by atoms with Gasteiger partial charge < -0.3 is 14.6 Å². The summed E-state index contributed by atoms with van der Waals surface area (Å²) in [6.07, 6.45) is 1.40. The third-order valence-corrected chi connectivity index (χ3v) is 4.42. The minimum absolute atomic E-state index is 0.108. The van der Waals surface area contributed by atoms with Crippen LogP contribution in [0.5, 0.6) is 17.2 Å². The third-order valence-electron chi connectivity index (χ3n) is 4.09. The van der Waals surface area contributed by atoms with Crippen LogP contribution in [0.25, 0.3) is 0 Å². The number of para-hydroxylation sites is 1. The summed E-state index contributed by atoms with van der Waals surface area (Å²) in [6.45, 7) is 2.15. The summed E-state index contributed by atoms with van der Waals surface area (Å²) in [7, 11) is 0. The van der Waals surface area contributed by atoms with Gasteiger partial charge in [-0.3, -0.25) is 4.79 Å². The highest BCUT2D eigenvalue weighted by Gasteiger charge is 2.15. The molecule has 0 atom stereocenters. The van der Waals surface area contributed by atoms with E-state index in [1.54, 1.807) is 61.5 Å². The Morgan fingerprint density at radius 1 is 1.03 bits per heavy atom. The van der Waals surface area contributed by atoms with Crippen molar-refractivity contribution >= 4 is 29.7 Å². The number of phenolic OH excluding ortho intramolecular Hbond substituents is 1. The summed E-state index contributed by atoms with van der Waals surface area (Å²) in [4.78, 5) is 24.5. The van der Waals surface area contributed by atoms with E-state index >= 15 is 0 Å². The largest absolute Gasteiger partial charge is 0.507 e. The Kier molecular flexibility index (Phi) is 7.24. The Labute approximate surface area is 183 Å². The van der Waals surface area contributed by atoms with E-state index < -0.39 is 11.9 Å². The van der Waals surface area contributed by atoms with Crippen molar-refractivity contribution in [1.82, 2.24) is 5.43 Å². The maximum Gasteiger partial charge on any atom is 0.345 e. The molecule has 3 aromatic carbocycles. The van der Waals surface area contributed by atoms with E-state index in [0.717, 1.165) is 0 Å². The summed E-state index contributed by atoms with van der Waals surface area (Å²) in [5, 5.41) is 13.9. The minimum Gasteiger partial charge on any atom is -0.507 e. The number of hydrogen-bond donors (Lipinski definition) is 2. The number of nitrogens with one attached hydrogen (secondary N) is 1. The maximum absolute atomic E-state index is 12.4. The quantitative estimate of drug-likeness (QED) is 0.246. The predicted octanol–water partition coefficient (Wildman–Crippen LogP) is 4.43. The first-order valence-electron chi connectivity index (χ1n) is 9.34. The molecular weight excluding hydrogens is 420 g/mol. The average molecular weight is 439 g/mol. The minimum atomic E-state index is -0.608. The Morgan fingerprint density at radius 2 is 1.74 bits per heavy atom. The molecule has 0 aliphatic rings. The highest BCUT2D eigenvalue weighted by Crippen LogP contribution is 2.29. The standard InChI is InChI=1S/C23H19ClN2O5/c1-2-30-21-13-15(14-25-26-22(28)17-8-4-6-10-19(17)27)11-12-20(21)31-23(29)16-7-3-5-9-18(16)24/h3-14,27H,2H2,1H3,(H,26,28)/b25-14-. The first-order chi connectivity index (χ1) is 15.0. The van der Waals surface area contributed by atoms with Crippen LogP contribution < -0.4 is 14.9 Å². The highest BCUT2D eigenvalue weighted by atomic mass is 35.5. The predicted molar refractivity (Wildman–Crippen MR) is 117 cm³/mol. The van der Waals surface area contributed by atoms with Gasteiger partial charge in [0.05, 0.1) is 29.0 Å². The summed E-state index contributed by atoms with van der Waals surface area (Å²) >= 11 is 6.05. The van der Waals surface area contributed by atoms with Crippen molar-refractivity contribution in [2.75, 3.05) is 6.61 Å². The van der Waals surface area contributed by atoms with Crippen LogP contribution in [0.3, 0.4) is 0 Å². The molecule has 0 unspecified atom stereocenters. The van der Waals surface area contributed by atoms with Crippen LogP contribution in [0.4, 0.5) is 0 Å². The Balaban J connectivity index is 1.73. The number of esters is 1. The molecule has 0 fully saturated rings. The van der Waals surface area contributed by atoms with Crippen molar-refractivity contribution in [3.05, 3.63) is 88.4 Å². The lowest BCUT2D eigenvalue weighted by molar-refractivity contribution is 0.0728. The number of hydrazone groups is 1. The molecule has 3 aromatic rings. The van der Waals surface area contributed by atoms with Gasteiger partial charge in [0.2, 0.25) is 0 Å². The molecule has 31 heavy (non-hydrogen) atoms. The van der Waals surface area contributed by atoms with Crippen molar-refractivity contribution in [2.45, 2.75) is 6.92 Å². The van der Waals surface area contributed by atoms with Crippen molar-refractivity contribution < 1.29 is 24.2 Å². The van der Waals surface area contributed by atoms with Crippen LogP contribution >= 0.6 is 11.6 Å². The average Bonchev–Trinajstić information content (AvgIpc) is 2.76. The second-order valence-electron chi connectivity index (χ2n) is 6.22. The molecule has 8 heteroatoms. The first kappa shape index (κ1) is 21.9. The summed E-state index contributed by atoms with van der Waals surface area (Å²) in [6, 6.07) is 17.6. The molecule has 0 spiro atoms. The second-order valence-corrected chi connectivity index (χ2v) is 6.63. The maximum atomic E-state index is 12.4. The van der Waals surface area contributed by atoms with Crippen LogP contribution in [0.1, 0.15) is 33.2 Å². The molecule has 2 N–H and O–H groups in total. The summed E-state index contributed by atoms with van der Waals surface area (Å²) in [5.74, 6) is -0.743. The zero-order chi connectivity index (χ0) is 22.2. The lowest BCUT2D eigenvalue weighted by atomic mass is 10.2. The second kappa shape index (κ2) is 10.3. The van der Waals surface area contributed by atoms with Crippen molar-refractivity contribution in [3.63, 3.8) is 0 Å². The van der Waals surface area contributed by atoms with Gasteiger partial charge in [0.15, 0.2) is 11.5 Å². The fourth-order valence-electron chi connectivity index (χ4n) is 2.63. The van der Waals surface area contributed by atoms with E-state index in [1.807, 2.05) is 0 Å². The molecule has 0 bridgehead atoms. The van der Waals surface area contributed by atoms with Gasteiger partial charge >= 0.3 is 5.97 Å². The van der Waals surface area contributed by atoms with Gasteiger partial charge in [0.1, 0.15) is 5.75 Å². The zero-order valence-electron chi connectivity index (χ0n) is 16.5. The molecule has 0 aromatic heterocycles. The molecule has 158 valence electrons. The van der Waals surface area contributed by atoms with E-state index in [-0.39, 0.29) is 27.6 Å². The summed E-state index contributed by atoms with van der Waals surface area (Å²) < 4.78 is 11.0. The van der Waals surface area contributed by atoms with Gasteiger partial charge in [-0.1, -0.05) is 35.9 Å². The first-order valence-corrected chi connectivity index (χ1v) is 9.72. The van der Waals surface area contributed by atoms with Crippen molar-refractivity contribution in [3.8, 4) is 17.2 Å². The zero-order valence-corrected chi connectivity index (χ0v) is 17.3. The van der Waals surface area contributed by atoms with Crippen LogP contribution in [-0.4, -0.2) is 29.8 Å². The van der Waals surface area contributed by atoms with Crippen molar-refractivity contribution in [1.29, 1.82) is 0 Å². The fraction of sp³-hybridized carbons (Fsp3) is 0.0870. The van der Waals surface area contributed by atoms with Crippen molar-refractivity contribution in [2.24, 2.45) is 5.10 Å². The Bertz CT molecular complexity index is 1130. The van der Waals surface area contributed by atoms with E-state index in [2.05, 4.69) is 10.5 Å². The van der Waals surface area contributed by atoms with Crippen LogP contribution in [0.15, 0.2) is 71.8 Å². The lowest BCUT2D eigenvalue weighted by Gasteiger charge is -2.12. The number of rotatable bonds is 7. The van der Waals surface area contributed by atoms with Gasteiger partial charge in [-0.15, -0.1) is 0 Å². The molecule has 1 amide bonds. The van der Waals surface area contributed by atoms with Gasteiger partial charge in [0, 0.05) is 0 Å². The lowest BCUT2D eigenvalue weighted by Crippen LogP contribution is -2.17. The number of carbonyl (C=O) groups excluding carboxylic acids is 2. The summed E-state index contributed by atoms with van der Waals surface area (Å²) in [5.41, 5.74) is 3.29. The highest BCUT2D eigenvalue weighted by molar-refractivity contribution is 6.33. The molecule has 0 saturated heterocycles. The van der Waals surface area contributed by atoms with Gasteiger partial charge in [0.25, 0.3) is 5.91 Å². The van der Waals surface area contributed by atoms with E-state index in [4.69, 9.17) is 21.1 Å². The molecule has 0 radical (unpaired) electrons. The number of phenols is 1.